The summed E-state index contributed by atoms with van der Waals surface area (Å²) in [5, 5.41) is 0. The van der Waals surface area contributed by atoms with Gasteiger partial charge < -0.3 is 4.74 Å². The zero-order chi connectivity index (χ0) is 12.8. The summed E-state index contributed by atoms with van der Waals surface area (Å²) in [7, 11) is 0. The minimum atomic E-state index is 0.749. The fourth-order valence-electron chi connectivity index (χ4n) is 3.36. The Morgan fingerprint density at radius 3 is 2.28 bits per heavy atom. The molecule has 1 heteroatoms. The summed E-state index contributed by atoms with van der Waals surface area (Å²) < 4.78 is 5.52. The maximum atomic E-state index is 5.52. The molecule has 2 rings (SSSR count). The van der Waals surface area contributed by atoms with Gasteiger partial charge in [0.2, 0.25) is 0 Å². The van der Waals surface area contributed by atoms with Crippen LogP contribution in [0.25, 0.3) is 0 Å². The van der Waals surface area contributed by atoms with Gasteiger partial charge in [-0.25, -0.2) is 0 Å². The Balaban J connectivity index is 2.06. The van der Waals surface area contributed by atoms with Crippen LogP contribution in [0.15, 0.2) is 24.3 Å². The first-order valence-corrected chi connectivity index (χ1v) is 7.58. The SMILES string of the molecule is CCOc1ccc(C(CC)C2CCCCC2)cc1. The van der Waals surface area contributed by atoms with Crippen molar-refractivity contribution < 1.29 is 4.74 Å². The third kappa shape index (κ3) is 3.28. The molecule has 100 valence electrons. The van der Waals surface area contributed by atoms with E-state index in [0.717, 1.165) is 24.2 Å². The van der Waals surface area contributed by atoms with Gasteiger partial charge >= 0.3 is 0 Å². The first kappa shape index (κ1) is 13.5. The van der Waals surface area contributed by atoms with Crippen LogP contribution in [0.5, 0.6) is 5.75 Å². The molecule has 1 aliphatic rings. The van der Waals surface area contributed by atoms with E-state index in [1.54, 1.807) is 0 Å². The molecule has 18 heavy (non-hydrogen) atoms. The molecule has 0 radical (unpaired) electrons. The van der Waals surface area contributed by atoms with E-state index in [1.807, 2.05) is 6.92 Å². The van der Waals surface area contributed by atoms with Crippen LogP contribution >= 0.6 is 0 Å². The topological polar surface area (TPSA) is 9.23 Å². The van der Waals surface area contributed by atoms with Crippen molar-refractivity contribution in [3.8, 4) is 5.75 Å². The van der Waals surface area contributed by atoms with Gasteiger partial charge in [-0.05, 0) is 55.7 Å². The lowest BCUT2D eigenvalue weighted by molar-refractivity contribution is 0.298. The molecule has 0 aromatic heterocycles. The second kappa shape index (κ2) is 6.82. The summed E-state index contributed by atoms with van der Waals surface area (Å²) in [6.07, 6.45) is 8.41. The molecule has 0 N–H and O–H groups in total. The number of rotatable bonds is 5. The molecule has 0 amide bonds. The number of hydrogen-bond donors (Lipinski definition) is 0. The van der Waals surface area contributed by atoms with Gasteiger partial charge in [0.05, 0.1) is 6.61 Å². The average molecular weight is 246 g/mol. The number of hydrogen-bond acceptors (Lipinski definition) is 1. The standard InChI is InChI=1S/C17H26O/c1-3-17(14-8-6-5-7-9-14)15-10-12-16(13-11-15)18-4-2/h10-14,17H,3-9H2,1-2H3. The largest absolute Gasteiger partial charge is 0.494 e. The molecule has 1 nitrogen and oxygen atoms in total. The Morgan fingerprint density at radius 1 is 1.06 bits per heavy atom. The van der Waals surface area contributed by atoms with E-state index in [2.05, 4.69) is 31.2 Å². The van der Waals surface area contributed by atoms with Gasteiger partial charge in [-0.2, -0.15) is 0 Å². The van der Waals surface area contributed by atoms with Crippen molar-refractivity contribution in [2.24, 2.45) is 5.92 Å². The van der Waals surface area contributed by atoms with E-state index in [-0.39, 0.29) is 0 Å². The third-order valence-corrected chi connectivity index (χ3v) is 4.28. The van der Waals surface area contributed by atoms with E-state index in [0.29, 0.717) is 0 Å². The maximum Gasteiger partial charge on any atom is 0.119 e. The number of benzene rings is 1. The highest BCUT2D eigenvalue weighted by atomic mass is 16.5. The smallest absolute Gasteiger partial charge is 0.119 e. The van der Waals surface area contributed by atoms with Gasteiger partial charge in [-0.1, -0.05) is 38.3 Å². The summed E-state index contributed by atoms with van der Waals surface area (Å²) in [6, 6.07) is 8.80. The summed E-state index contributed by atoms with van der Waals surface area (Å²) in [6.45, 7) is 5.11. The first-order valence-electron chi connectivity index (χ1n) is 7.58. The Morgan fingerprint density at radius 2 is 1.72 bits per heavy atom. The summed E-state index contributed by atoms with van der Waals surface area (Å²) >= 11 is 0. The molecule has 0 spiro atoms. The average Bonchev–Trinajstić information content (AvgIpc) is 2.43. The van der Waals surface area contributed by atoms with Crippen molar-refractivity contribution in [3.63, 3.8) is 0 Å². The normalized spacial score (nSPS) is 18.6. The first-order chi connectivity index (χ1) is 8.85. The molecule has 1 unspecified atom stereocenters. The van der Waals surface area contributed by atoms with Crippen LogP contribution in [-0.4, -0.2) is 6.61 Å². The molecule has 1 atom stereocenters. The molecule has 0 saturated heterocycles. The van der Waals surface area contributed by atoms with Crippen LogP contribution in [0.1, 0.15) is 63.9 Å². The highest BCUT2D eigenvalue weighted by Crippen LogP contribution is 2.38. The number of ether oxygens (including phenoxy) is 1. The van der Waals surface area contributed by atoms with Gasteiger partial charge in [0.15, 0.2) is 0 Å². The summed E-state index contributed by atoms with van der Waals surface area (Å²) in [4.78, 5) is 0. The van der Waals surface area contributed by atoms with Gasteiger partial charge in [-0.3, -0.25) is 0 Å². The molecule has 1 saturated carbocycles. The molecule has 1 aromatic rings. The Labute approximate surface area is 112 Å². The lowest BCUT2D eigenvalue weighted by atomic mass is 9.76. The molecular weight excluding hydrogens is 220 g/mol. The van der Waals surface area contributed by atoms with Gasteiger partial charge in [0.25, 0.3) is 0 Å². The zero-order valence-electron chi connectivity index (χ0n) is 11.8. The monoisotopic (exact) mass is 246 g/mol. The van der Waals surface area contributed by atoms with Crippen LogP contribution in [0.2, 0.25) is 0 Å². The molecular formula is C17H26O. The van der Waals surface area contributed by atoms with E-state index >= 15 is 0 Å². The van der Waals surface area contributed by atoms with E-state index in [4.69, 9.17) is 4.74 Å². The quantitative estimate of drug-likeness (QED) is 0.697. The van der Waals surface area contributed by atoms with Crippen molar-refractivity contribution in [2.45, 2.75) is 58.3 Å². The molecule has 0 heterocycles. The van der Waals surface area contributed by atoms with Crippen molar-refractivity contribution in [3.05, 3.63) is 29.8 Å². The Hall–Kier alpha value is -0.980. The van der Waals surface area contributed by atoms with Crippen LogP contribution in [0.4, 0.5) is 0 Å². The minimum absolute atomic E-state index is 0.749. The maximum absolute atomic E-state index is 5.52. The molecule has 1 fully saturated rings. The predicted molar refractivity (Wildman–Crippen MR) is 77.2 cm³/mol. The van der Waals surface area contributed by atoms with E-state index < -0.39 is 0 Å². The zero-order valence-corrected chi connectivity index (χ0v) is 11.8. The molecule has 0 bridgehead atoms. The van der Waals surface area contributed by atoms with Crippen LogP contribution < -0.4 is 4.74 Å². The summed E-state index contributed by atoms with van der Waals surface area (Å²) in [5.74, 6) is 2.66. The van der Waals surface area contributed by atoms with Crippen molar-refractivity contribution in [1.29, 1.82) is 0 Å². The van der Waals surface area contributed by atoms with E-state index in [9.17, 15) is 0 Å². The van der Waals surface area contributed by atoms with Crippen molar-refractivity contribution >= 4 is 0 Å². The molecule has 1 aromatic carbocycles. The predicted octanol–water partition coefficient (Wildman–Crippen LogP) is 5.16. The third-order valence-electron chi connectivity index (χ3n) is 4.28. The van der Waals surface area contributed by atoms with Crippen LogP contribution in [-0.2, 0) is 0 Å². The van der Waals surface area contributed by atoms with Crippen molar-refractivity contribution in [2.75, 3.05) is 6.61 Å². The van der Waals surface area contributed by atoms with E-state index in [1.165, 1.54) is 44.1 Å². The lowest BCUT2D eigenvalue weighted by Gasteiger charge is -2.30. The fraction of sp³-hybridized carbons (Fsp3) is 0.647. The Bertz CT molecular complexity index is 335. The highest BCUT2D eigenvalue weighted by molar-refractivity contribution is 5.29. The van der Waals surface area contributed by atoms with Gasteiger partial charge in [0.1, 0.15) is 5.75 Å². The van der Waals surface area contributed by atoms with Crippen LogP contribution in [0.3, 0.4) is 0 Å². The highest BCUT2D eigenvalue weighted by Gasteiger charge is 2.23. The van der Waals surface area contributed by atoms with Gasteiger partial charge in [0, 0.05) is 0 Å². The minimum Gasteiger partial charge on any atom is -0.494 e. The summed E-state index contributed by atoms with van der Waals surface area (Å²) in [5.41, 5.74) is 1.51. The van der Waals surface area contributed by atoms with Crippen LogP contribution in [0, 0.1) is 5.92 Å². The Kier molecular flexibility index (Phi) is 5.10. The second-order valence-electron chi connectivity index (χ2n) is 5.41. The van der Waals surface area contributed by atoms with Gasteiger partial charge in [-0.15, -0.1) is 0 Å². The molecule has 0 aliphatic heterocycles. The van der Waals surface area contributed by atoms with Crippen molar-refractivity contribution in [1.82, 2.24) is 0 Å². The molecule has 1 aliphatic carbocycles. The lowest BCUT2D eigenvalue weighted by Crippen LogP contribution is -2.15. The second-order valence-corrected chi connectivity index (χ2v) is 5.41. The fourth-order valence-corrected chi connectivity index (χ4v) is 3.36.